The second-order valence-corrected chi connectivity index (χ2v) is 11.1. The minimum absolute atomic E-state index is 0.246. The fraction of sp³-hybridized carbons (Fsp3) is 0.969. The van der Waals surface area contributed by atoms with E-state index in [9.17, 15) is 9.90 Å². The average molecular weight is 528 g/mol. The molecule has 2 unspecified atom stereocenters. The summed E-state index contributed by atoms with van der Waals surface area (Å²) in [5.41, 5.74) is 5.55. The summed E-state index contributed by atoms with van der Waals surface area (Å²) in [7, 11) is 0. The monoisotopic (exact) mass is 527 g/mol. The van der Waals surface area contributed by atoms with E-state index in [-0.39, 0.29) is 6.61 Å². The Morgan fingerprint density at radius 3 is 1.14 bits per heavy atom. The molecule has 1 amide bonds. The maximum atomic E-state index is 11.9. The van der Waals surface area contributed by atoms with Crippen LogP contribution >= 0.6 is 0 Å². The Kier molecular flexibility index (Phi) is 29.4. The molecule has 0 bridgehead atoms. The molecule has 0 saturated heterocycles. The van der Waals surface area contributed by atoms with E-state index in [1.165, 1.54) is 128 Å². The molecule has 0 fully saturated rings. The smallest absolute Gasteiger partial charge is 0.249 e. The standard InChI is InChI=1S/C32H65NO4/c1-3-5-7-9-11-13-15-17-19-21-23-25-27-36-30(29-34)31(32(33)35)37-28-26-24-22-20-18-16-14-12-10-8-6-4-2/h30-31,34H,3-29H2,1-2H3,(H2,33,35). The number of aliphatic hydroxyl groups excluding tert-OH is 1. The number of hydrogen-bond donors (Lipinski definition) is 2. The van der Waals surface area contributed by atoms with Crippen molar-refractivity contribution in [2.75, 3.05) is 19.8 Å². The highest BCUT2D eigenvalue weighted by Gasteiger charge is 2.27. The third-order valence-electron chi connectivity index (χ3n) is 7.42. The SMILES string of the molecule is CCCCCCCCCCCCCCOC(CO)C(OCCCCCCCCCCCCCC)C(N)=O. The molecular weight excluding hydrogens is 462 g/mol. The molecule has 0 rings (SSSR count). The van der Waals surface area contributed by atoms with Crippen molar-refractivity contribution < 1.29 is 19.4 Å². The van der Waals surface area contributed by atoms with Crippen LogP contribution in [0.3, 0.4) is 0 Å². The molecule has 0 radical (unpaired) electrons. The Balaban J connectivity index is 3.69. The van der Waals surface area contributed by atoms with Crippen molar-refractivity contribution >= 4 is 5.91 Å². The van der Waals surface area contributed by atoms with Crippen LogP contribution in [0.15, 0.2) is 0 Å². The fourth-order valence-electron chi connectivity index (χ4n) is 4.94. The Morgan fingerprint density at radius 1 is 0.541 bits per heavy atom. The number of unbranched alkanes of at least 4 members (excludes halogenated alkanes) is 22. The average Bonchev–Trinajstić information content (AvgIpc) is 2.89. The summed E-state index contributed by atoms with van der Waals surface area (Å²) in [6.07, 6.45) is 29.4. The molecule has 0 spiro atoms. The van der Waals surface area contributed by atoms with Crippen molar-refractivity contribution in [3.8, 4) is 0 Å². The summed E-state index contributed by atoms with van der Waals surface area (Å²) in [4.78, 5) is 11.9. The van der Waals surface area contributed by atoms with Gasteiger partial charge in [0.15, 0.2) is 6.10 Å². The van der Waals surface area contributed by atoms with Crippen molar-refractivity contribution in [2.24, 2.45) is 5.73 Å². The lowest BCUT2D eigenvalue weighted by molar-refractivity contribution is -0.145. The molecule has 0 aliphatic heterocycles. The minimum atomic E-state index is -0.866. The van der Waals surface area contributed by atoms with Gasteiger partial charge in [0, 0.05) is 13.2 Å². The predicted octanol–water partition coefficient (Wildman–Crippen LogP) is 8.64. The van der Waals surface area contributed by atoms with Gasteiger partial charge in [-0.2, -0.15) is 0 Å². The van der Waals surface area contributed by atoms with E-state index >= 15 is 0 Å². The van der Waals surface area contributed by atoms with E-state index in [4.69, 9.17) is 15.2 Å². The zero-order chi connectivity index (χ0) is 27.2. The normalized spacial score (nSPS) is 13.2. The van der Waals surface area contributed by atoms with Crippen molar-refractivity contribution in [3.05, 3.63) is 0 Å². The first kappa shape index (κ1) is 36.4. The first-order valence-electron chi connectivity index (χ1n) is 16.3. The van der Waals surface area contributed by atoms with Gasteiger partial charge in [-0.05, 0) is 12.8 Å². The van der Waals surface area contributed by atoms with Crippen LogP contribution in [0.25, 0.3) is 0 Å². The number of rotatable bonds is 31. The van der Waals surface area contributed by atoms with Gasteiger partial charge in [0.1, 0.15) is 6.10 Å². The molecule has 0 saturated carbocycles. The van der Waals surface area contributed by atoms with Crippen molar-refractivity contribution in [2.45, 2.75) is 180 Å². The molecular formula is C32H65NO4. The zero-order valence-electron chi connectivity index (χ0n) is 25.0. The minimum Gasteiger partial charge on any atom is -0.394 e. The number of carbonyl (C=O) groups excluding carboxylic acids is 1. The summed E-state index contributed by atoms with van der Waals surface area (Å²) < 4.78 is 11.5. The number of carbonyl (C=O) groups is 1. The first-order chi connectivity index (χ1) is 18.2. The molecule has 0 aliphatic carbocycles. The van der Waals surface area contributed by atoms with Gasteiger partial charge in [-0.3, -0.25) is 4.79 Å². The molecule has 5 heteroatoms. The van der Waals surface area contributed by atoms with Crippen LogP contribution in [0.1, 0.15) is 168 Å². The Labute approximate surface area is 231 Å². The second kappa shape index (κ2) is 29.9. The lowest BCUT2D eigenvalue weighted by Crippen LogP contribution is -2.44. The van der Waals surface area contributed by atoms with E-state index in [1.807, 2.05) is 0 Å². The van der Waals surface area contributed by atoms with Crippen LogP contribution in [0.5, 0.6) is 0 Å². The summed E-state index contributed by atoms with van der Waals surface area (Å²) in [6.45, 7) is 5.31. The van der Waals surface area contributed by atoms with Crippen LogP contribution < -0.4 is 5.73 Å². The summed E-state index contributed by atoms with van der Waals surface area (Å²) in [5, 5.41) is 9.73. The van der Waals surface area contributed by atoms with Crippen LogP contribution in [-0.4, -0.2) is 43.0 Å². The van der Waals surface area contributed by atoms with Gasteiger partial charge in [0.25, 0.3) is 0 Å². The molecule has 0 aromatic carbocycles. The number of ether oxygens (including phenoxy) is 2. The zero-order valence-corrected chi connectivity index (χ0v) is 25.0. The molecule has 3 N–H and O–H groups in total. The van der Waals surface area contributed by atoms with E-state index < -0.39 is 18.1 Å². The van der Waals surface area contributed by atoms with Gasteiger partial charge in [0.2, 0.25) is 5.91 Å². The largest absolute Gasteiger partial charge is 0.394 e. The van der Waals surface area contributed by atoms with Crippen molar-refractivity contribution in [1.82, 2.24) is 0 Å². The van der Waals surface area contributed by atoms with Crippen molar-refractivity contribution in [3.63, 3.8) is 0 Å². The van der Waals surface area contributed by atoms with Gasteiger partial charge in [-0.1, -0.05) is 155 Å². The highest BCUT2D eigenvalue weighted by Crippen LogP contribution is 2.14. The lowest BCUT2D eigenvalue weighted by atomic mass is 10.1. The van der Waals surface area contributed by atoms with E-state index in [1.54, 1.807) is 0 Å². The highest BCUT2D eigenvalue weighted by atomic mass is 16.5. The van der Waals surface area contributed by atoms with Gasteiger partial charge in [-0.25, -0.2) is 0 Å². The van der Waals surface area contributed by atoms with Gasteiger partial charge in [0.05, 0.1) is 6.61 Å². The molecule has 0 aromatic heterocycles. The second-order valence-electron chi connectivity index (χ2n) is 11.1. The van der Waals surface area contributed by atoms with E-state index in [2.05, 4.69) is 13.8 Å². The third kappa shape index (κ3) is 25.4. The maximum absolute atomic E-state index is 11.9. The number of nitrogens with two attached hydrogens (primary N) is 1. The Bertz CT molecular complexity index is 460. The fourth-order valence-corrected chi connectivity index (χ4v) is 4.94. The molecule has 37 heavy (non-hydrogen) atoms. The lowest BCUT2D eigenvalue weighted by Gasteiger charge is -2.23. The highest BCUT2D eigenvalue weighted by molar-refractivity contribution is 5.79. The van der Waals surface area contributed by atoms with Crippen LogP contribution in [0.4, 0.5) is 0 Å². The molecule has 2 atom stereocenters. The first-order valence-corrected chi connectivity index (χ1v) is 16.3. The quantitative estimate of drug-likeness (QED) is 0.0884. The molecule has 0 aliphatic rings. The van der Waals surface area contributed by atoms with Crippen molar-refractivity contribution in [1.29, 1.82) is 0 Å². The summed E-state index contributed by atoms with van der Waals surface area (Å²) in [5.74, 6) is -0.548. The number of amides is 1. The maximum Gasteiger partial charge on any atom is 0.249 e. The molecule has 222 valence electrons. The number of primary amides is 1. The number of hydrogen-bond acceptors (Lipinski definition) is 4. The summed E-state index contributed by atoms with van der Waals surface area (Å²) >= 11 is 0. The molecule has 0 aromatic rings. The van der Waals surface area contributed by atoms with E-state index in [0.29, 0.717) is 13.2 Å². The molecule has 0 heterocycles. The number of aliphatic hydroxyl groups is 1. The van der Waals surface area contributed by atoms with Crippen LogP contribution in [-0.2, 0) is 14.3 Å². The van der Waals surface area contributed by atoms with E-state index in [0.717, 1.165) is 25.7 Å². The van der Waals surface area contributed by atoms with Gasteiger partial charge >= 0.3 is 0 Å². The Morgan fingerprint density at radius 2 is 0.838 bits per heavy atom. The third-order valence-corrected chi connectivity index (χ3v) is 7.42. The van der Waals surface area contributed by atoms with Crippen LogP contribution in [0, 0.1) is 0 Å². The van der Waals surface area contributed by atoms with Gasteiger partial charge < -0.3 is 20.3 Å². The molecule has 5 nitrogen and oxygen atoms in total. The topological polar surface area (TPSA) is 81.8 Å². The summed E-state index contributed by atoms with van der Waals surface area (Å²) in [6, 6.07) is 0. The predicted molar refractivity (Wildman–Crippen MR) is 158 cm³/mol. The van der Waals surface area contributed by atoms with Gasteiger partial charge in [-0.15, -0.1) is 0 Å². The van der Waals surface area contributed by atoms with Crippen LogP contribution in [0.2, 0.25) is 0 Å². The Hall–Kier alpha value is -0.650.